The second-order valence-electron chi connectivity index (χ2n) is 18.8. The van der Waals surface area contributed by atoms with Crippen LogP contribution in [0.15, 0.2) is 146 Å². The molecule has 4 bridgehead atoms. The van der Waals surface area contributed by atoms with Crippen LogP contribution < -0.4 is 14.5 Å². The maximum atomic E-state index is 7.04. The van der Waals surface area contributed by atoms with E-state index in [0.717, 1.165) is 58.1 Å². The highest BCUT2D eigenvalue weighted by Gasteiger charge is 2.58. The Morgan fingerprint density at radius 2 is 1.28 bits per heavy atom. The van der Waals surface area contributed by atoms with Gasteiger partial charge in [0.25, 0.3) is 0 Å². The molecule has 0 N–H and O–H groups in total. The fraction of sp³-hybridized carbons (Fsp3) is 0.268. The lowest BCUT2D eigenvalue weighted by molar-refractivity contribution is -0.0418. The molecule has 61 heavy (non-hydrogen) atoms. The highest BCUT2D eigenvalue weighted by atomic mass is 16.5. The Labute approximate surface area is 359 Å². The predicted octanol–water partition coefficient (Wildman–Crippen LogP) is 13.9. The third-order valence-corrected chi connectivity index (χ3v) is 15.1. The first-order chi connectivity index (χ1) is 29.8. The zero-order chi connectivity index (χ0) is 41.0. The minimum Gasteiger partial charge on any atom is -0.457 e. The molecule has 4 fully saturated rings. The molecule has 3 heterocycles. The maximum absolute atomic E-state index is 7.04. The van der Waals surface area contributed by atoms with Crippen molar-refractivity contribution in [3.8, 4) is 28.4 Å². The van der Waals surface area contributed by atoms with Crippen molar-refractivity contribution in [3.63, 3.8) is 0 Å². The SMILES string of the molecule is Cc1cc(C)c(-c2cc(Oc3ccc4c5ccccc5n(-c5cc(C6(c7ccccc7)C7CC8CC(C7)CC6C8)ccn5)c4c3)cc(N3CN(C)c4ccccc43)c2)c(C)c1. The van der Waals surface area contributed by atoms with Crippen molar-refractivity contribution in [2.75, 3.05) is 23.5 Å². The molecular formula is C56H52N4O. The lowest BCUT2D eigenvalue weighted by Crippen LogP contribution is -2.56. The van der Waals surface area contributed by atoms with E-state index in [9.17, 15) is 0 Å². The number of pyridine rings is 1. The molecule has 0 atom stereocenters. The Morgan fingerprint density at radius 1 is 0.590 bits per heavy atom. The molecule has 5 aliphatic rings. The smallest absolute Gasteiger partial charge is 0.137 e. The Kier molecular flexibility index (Phi) is 8.29. The number of ether oxygens (including phenoxy) is 1. The van der Waals surface area contributed by atoms with Gasteiger partial charge in [0, 0.05) is 47.3 Å². The van der Waals surface area contributed by atoms with Gasteiger partial charge < -0.3 is 14.5 Å². The number of aromatic nitrogens is 2. The average molecular weight is 797 g/mol. The molecule has 2 aromatic heterocycles. The Morgan fingerprint density at radius 3 is 2.05 bits per heavy atom. The van der Waals surface area contributed by atoms with E-state index in [1.54, 1.807) is 0 Å². The lowest BCUT2D eigenvalue weighted by atomic mass is 9.42. The van der Waals surface area contributed by atoms with Crippen LogP contribution in [-0.2, 0) is 5.41 Å². The molecule has 13 rings (SSSR count). The average Bonchev–Trinajstić information content (AvgIpc) is 3.78. The summed E-state index contributed by atoms with van der Waals surface area (Å²) in [5.41, 5.74) is 14.9. The number of hydrogen-bond acceptors (Lipinski definition) is 4. The van der Waals surface area contributed by atoms with E-state index in [4.69, 9.17) is 9.72 Å². The van der Waals surface area contributed by atoms with Crippen LogP contribution in [0.4, 0.5) is 17.1 Å². The van der Waals surface area contributed by atoms with E-state index in [0.29, 0.717) is 11.8 Å². The summed E-state index contributed by atoms with van der Waals surface area (Å²) in [7, 11) is 2.16. The van der Waals surface area contributed by atoms with E-state index < -0.39 is 0 Å². The second kappa shape index (κ2) is 13.9. The molecule has 6 aromatic carbocycles. The number of rotatable bonds is 7. The summed E-state index contributed by atoms with van der Waals surface area (Å²) in [4.78, 5) is 9.90. The standard InChI is InChI=1S/C56H52N4O/c1-35-22-36(2)55(37(3)23-35)40-29-45(59-34-58(4)51-16-10-11-17-52(51)59)32-47(30-40)61-46-18-19-49-48-14-8-9-15-50(48)60(53(49)33-46)54-31-42(20-21-57-54)56(41-12-6-5-7-13-41)43-25-38-24-39(27-43)28-44(56)26-38/h5-23,29-33,38-39,43-44H,24-28,34H2,1-4H3. The van der Waals surface area contributed by atoms with E-state index >= 15 is 0 Å². The summed E-state index contributed by atoms with van der Waals surface area (Å²) < 4.78 is 9.42. The van der Waals surface area contributed by atoms with Crippen molar-refractivity contribution in [2.45, 2.75) is 58.3 Å². The predicted molar refractivity (Wildman–Crippen MR) is 251 cm³/mol. The van der Waals surface area contributed by atoms with Crippen molar-refractivity contribution in [2.24, 2.45) is 23.7 Å². The van der Waals surface area contributed by atoms with Gasteiger partial charge in [-0.05, 0) is 165 Å². The van der Waals surface area contributed by atoms with Crippen LogP contribution in [0.25, 0.3) is 38.8 Å². The van der Waals surface area contributed by atoms with Crippen LogP contribution in [0.5, 0.6) is 11.5 Å². The normalized spacial score (nSPS) is 22.7. The van der Waals surface area contributed by atoms with Crippen LogP contribution in [0.1, 0.15) is 59.9 Å². The van der Waals surface area contributed by atoms with E-state index in [-0.39, 0.29) is 5.41 Å². The second-order valence-corrected chi connectivity index (χ2v) is 18.8. The zero-order valence-electron chi connectivity index (χ0n) is 35.6. The van der Waals surface area contributed by atoms with Crippen LogP contribution in [0, 0.1) is 44.4 Å². The summed E-state index contributed by atoms with van der Waals surface area (Å²) in [6.07, 6.45) is 8.86. The minimum absolute atomic E-state index is 0.000939. The first-order valence-electron chi connectivity index (χ1n) is 22.4. The van der Waals surface area contributed by atoms with Crippen molar-refractivity contribution in [1.82, 2.24) is 9.55 Å². The van der Waals surface area contributed by atoms with Gasteiger partial charge in [-0.2, -0.15) is 0 Å². The fourth-order valence-electron chi connectivity index (χ4n) is 13.1. The van der Waals surface area contributed by atoms with E-state index in [1.165, 1.54) is 87.6 Å². The summed E-state index contributed by atoms with van der Waals surface area (Å²) >= 11 is 0. The third kappa shape index (κ3) is 5.69. The summed E-state index contributed by atoms with van der Waals surface area (Å²) in [6, 6.07) is 51.7. The molecule has 0 spiro atoms. The first-order valence-corrected chi connectivity index (χ1v) is 22.4. The minimum atomic E-state index is 0.000939. The van der Waals surface area contributed by atoms with Gasteiger partial charge in [-0.15, -0.1) is 0 Å². The van der Waals surface area contributed by atoms with E-state index in [2.05, 4.69) is 188 Å². The highest BCUT2D eigenvalue weighted by Crippen LogP contribution is 2.65. The van der Waals surface area contributed by atoms with Crippen molar-refractivity contribution in [1.29, 1.82) is 0 Å². The number of hydrogen-bond donors (Lipinski definition) is 0. The molecule has 4 saturated carbocycles. The summed E-state index contributed by atoms with van der Waals surface area (Å²) in [6.45, 7) is 7.39. The maximum Gasteiger partial charge on any atom is 0.137 e. The number of nitrogens with zero attached hydrogens (tertiary/aromatic N) is 4. The van der Waals surface area contributed by atoms with Gasteiger partial charge in [0.1, 0.15) is 17.3 Å². The topological polar surface area (TPSA) is 33.5 Å². The number of benzene rings is 6. The van der Waals surface area contributed by atoms with Gasteiger partial charge in [-0.3, -0.25) is 4.57 Å². The fourth-order valence-corrected chi connectivity index (χ4v) is 13.1. The number of fused-ring (bicyclic) bond motifs is 4. The van der Waals surface area contributed by atoms with Crippen molar-refractivity contribution in [3.05, 3.63) is 174 Å². The monoisotopic (exact) mass is 796 g/mol. The molecular weight excluding hydrogens is 745 g/mol. The first kappa shape index (κ1) is 36.5. The molecule has 0 amide bonds. The van der Waals surface area contributed by atoms with Gasteiger partial charge in [-0.1, -0.05) is 78.4 Å². The molecule has 4 aliphatic carbocycles. The molecule has 5 nitrogen and oxygen atoms in total. The highest BCUT2D eigenvalue weighted by molar-refractivity contribution is 6.09. The Hall–Kier alpha value is -6.33. The Balaban J connectivity index is 0.995. The van der Waals surface area contributed by atoms with Gasteiger partial charge in [0.15, 0.2) is 0 Å². The van der Waals surface area contributed by atoms with Gasteiger partial charge in [0.05, 0.1) is 29.1 Å². The number of para-hydroxylation sites is 3. The molecule has 5 heteroatoms. The summed E-state index contributed by atoms with van der Waals surface area (Å²) in [5, 5.41) is 2.41. The molecule has 0 radical (unpaired) electrons. The molecule has 1 aliphatic heterocycles. The van der Waals surface area contributed by atoms with Gasteiger partial charge >= 0.3 is 0 Å². The Bertz CT molecular complexity index is 2970. The number of anilines is 3. The lowest BCUT2D eigenvalue weighted by Gasteiger charge is -2.62. The van der Waals surface area contributed by atoms with Gasteiger partial charge in [0.2, 0.25) is 0 Å². The van der Waals surface area contributed by atoms with Gasteiger partial charge in [-0.25, -0.2) is 4.98 Å². The number of aryl methyl sites for hydroxylation is 3. The zero-order valence-corrected chi connectivity index (χ0v) is 35.6. The third-order valence-electron chi connectivity index (χ3n) is 15.1. The van der Waals surface area contributed by atoms with Crippen molar-refractivity contribution < 1.29 is 4.74 Å². The van der Waals surface area contributed by atoms with Crippen LogP contribution in [0.3, 0.4) is 0 Å². The molecule has 302 valence electrons. The quantitative estimate of drug-likeness (QED) is 0.161. The molecule has 0 unspecified atom stereocenters. The van der Waals surface area contributed by atoms with Crippen LogP contribution in [0.2, 0.25) is 0 Å². The largest absolute Gasteiger partial charge is 0.457 e. The van der Waals surface area contributed by atoms with Crippen LogP contribution in [-0.4, -0.2) is 23.3 Å². The van der Waals surface area contributed by atoms with Crippen LogP contribution >= 0.6 is 0 Å². The molecule has 0 saturated heterocycles. The summed E-state index contributed by atoms with van der Waals surface area (Å²) in [5.74, 6) is 5.65. The van der Waals surface area contributed by atoms with Crippen molar-refractivity contribution >= 4 is 38.9 Å². The molecule has 8 aromatic rings. The van der Waals surface area contributed by atoms with E-state index in [1.807, 2.05) is 0 Å².